The molecule has 1 saturated heterocycles. The van der Waals surface area contributed by atoms with E-state index in [0.29, 0.717) is 56.3 Å². The lowest BCUT2D eigenvalue weighted by Crippen LogP contribution is -2.41. The number of ether oxygens (including phenoxy) is 7. The van der Waals surface area contributed by atoms with E-state index in [4.69, 9.17) is 42.2 Å². The topological polar surface area (TPSA) is 141 Å². The highest BCUT2D eigenvalue weighted by Crippen LogP contribution is 2.50. The molecule has 3 aliphatic rings. The van der Waals surface area contributed by atoms with Gasteiger partial charge >= 0.3 is 5.97 Å². The minimum atomic E-state index is -1.71. The molecule has 14 nitrogen and oxygen atoms in total. The van der Waals surface area contributed by atoms with Crippen LogP contribution in [0.25, 0.3) is 11.1 Å². The summed E-state index contributed by atoms with van der Waals surface area (Å²) in [6.45, 7) is 12.1. The van der Waals surface area contributed by atoms with Gasteiger partial charge in [0.25, 0.3) is 8.53 Å². The van der Waals surface area contributed by atoms with Crippen LogP contribution in [0.15, 0.2) is 139 Å². The predicted molar refractivity (Wildman–Crippen MR) is 287 cm³/mol. The van der Waals surface area contributed by atoms with Crippen LogP contribution in [0.1, 0.15) is 94.0 Å². The van der Waals surface area contributed by atoms with Crippen LogP contribution in [0.5, 0.6) is 11.5 Å². The van der Waals surface area contributed by atoms with Gasteiger partial charge in [-0.1, -0.05) is 103 Å². The number of esters is 1. The van der Waals surface area contributed by atoms with Crippen molar-refractivity contribution in [3.63, 3.8) is 0 Å². The Kier molecular flexibility index (Phi) is 19.4. The van der Waals surface area contributed by atoms with E-state index in [1.807, 2.05) is 103 Å². The van der Waals surface area contributed by atoms with E-state index in [0.717, 1.165) is 16.7 Å². The molecule has 0 spiro atoms. The van der Waals surface area contributed by atoms with Gasteiger partial charge in [-0.25, -0.2) is 4.67 Å². The molecule has 5 aromatic carbocycles. The third-order valence-electron chi connectivity index (χ3n) is 13.8. The Hall–Kier alpha value is -5.80. The number of Topliss-reactive ketones (excluding diaryl/α,β-unsaturated/α-hetero) is 1. The van der Waals surface area contributed by atoms with Gasteiger partial charge in [-0.05, 0) is 104 Å². The highest BCUT2D eigenvalue weighted by molar-refractivity contribution is 7.44. The van der Waals surface area contributed by atoms with Crippen LogP contribution in [0.3, 0.4) is 0 Å². The van der Waals surface area contributed by atoms with Gasteiger partial charge in [0, 0.05) is 49.2 Å². The number of hydrogen-bond acceptors (Lipinski definition) is 13. The van der Waals surface area contributed by atoms with Gasteiger partial charge in [-0.15, -0.1) is 0 Å². The number of hydrogen-bond donors (Lipinski definition) is 0. The normalized spacial score (nSPS) is 18.1. The maximum Gasteiger partial charge on any atom is 0.305 e. The first kappa shape index (κ1) is 55.4. The van der Waals surface area contributed by atoms with Crippen LogP contribution in [0, 0.1) is 0 Å². The molecule has 4 unspecified atom stereocenters. The third kappa shape index (κ3) is 13.2. The zero-order valence-electron chi connectivity index (χ0n) is 44.2. The molecule has 0 N–H and O–H groups in total. The Morgan fingerprint density at radius 3 is 1.84 bits per heavy atom. The van der Waals surface area contributed by atoms with Crippen LogP contribution in [-0.2, 0) is 52.7 Å². The Bertz CT molecular complexity index is 2600. The number of rotatable bonds is 27. The van der Waals surface area contributed by atoms with Crippen molar-refractivity contribution in [3.8, 4) is 22.6 Å². The summed E-state index contributed by atoms with van der Waals surface area (Å²) in [5, 5.41) is 0. The van der Waals surface area contributed by atoms with Gasteiger partial charge in [0.2, 0.25) is 5.91 Å². The second-order valence-electron chi connectivity index (χ2n) is 19.4. The molecule has 1 aliphatic carbocycles. The Balaban J connectivity index is 0.909. The molecule has 5 aromatic rings. The van der Waals surface area contributed by atoms with Crippen molar-refractivity contribution in [2.75, 3.05) is 60.5 Å². The summed E-state index contributed by atoms with van der Waals surface area (Å²) in [4.78, 5) is 40.4. The minimum absolute atomic E-state index is 0.0255. The molecule has 0 saturated carbocycles. The number of fused-ring (bicyclic) bond motifs is 3. The fourth-order valence-corrected chi connectivity index (χ4v) is 11.9. The van der Waals surface area contributed by atoms with Gasteiger partial charge in [-0.2, -0.15) is 0 Å². The summed E-state index contributed by atoms with van der Waals surface area (Å²) in [5.41, 5.74) is 6.68. The summed E-state index contributed by atoms with van der Waals surface area (Å²) < 4.78 is 58.8. The van der Waals surface area contributed by atoms with E-state index in [2.05, 4.69) is 56.6 Å². The maximum absolute atomic E-state index is 13.5. The number of allylic oxidation sites excluding steroid dienone is 1. The number of benzene rings is 5. The van der Waals surface area contributed by atoms with Crippen molar-refractivity contribution < 1.29 is 56.6 Å². The number of carbonyl (C=O) groups excluding carboxylic acids is 3. The van der Waals surface area contributed by atoms with Crippen molar-refractivity contribution in [1.29, 1.82) is 0 Å². The SMILES string of the molecule is COc1ccc(C(OCC2OC(N3C=C(C)C(=O)CC3=O)CC2OP(OCCOCCOCCCC(=O)OCC2c3ccccc3-c3ccccc32)N(C(C)C)C(C)C)(c2ccccc2)c2ccc(OC)cc2)cc1. The highest BCUT2D eigenvalue weighted by atomic mass is 31.2. The number of amides is 1. The standard InChI is InChI=1S/C60H71N2O12P/c1-41(2)62(42(3)4)75(72-35-34-69-33-32-68-31-15-22-59(65)70-39-53-51-20-13-11-18-49(51)50-19-12-14-21-52(50)53)74-55-37-58(61-38-43(5)54(63)36-57(61)64)73-56(55)40-71-60(44-16-9-8-10-17-44,45-23-27-47(66-6)28-24-45)46-25-29-48(67-7)30-26-46/h8-14,16-21,23-30,38,41-42,53,55-56,58H,15,22,31-37,39-40H2,1-7H3. The maximum atomic E-state index is 13.5. The average molecular weight is 1040 g/mol. The molecule has 1 amide bonds. The number of carbonyl (C=O) groups is 3. The van der Waals surface area contributed by atoms with Crippen LogP contribution in [0.2, 0.25) is 0 Å². The third-order valence-corrected chi connectivity index (χ3v) is 16.0. The van der Waals surface area contributed by atoms with Crippen molar-refractivity contribution in [2.45, 2.75) is 102 Å². The molecule has 4 atom stereocenters. The molecule has 8 rings (SSSR count). The van der Waals surface area contributed by atoms with E-state index >= 15 is 0 Å². The molecule has 0 radical (unpaired) electrons. The summed E-state index contributed by atoms with van der Waals surface area (Å²) in [7, 11) is 1.56. The van der Waals surface area contributed by atoms with Gasteiger partial charge in [0.05, 0.1) is 59.8 Å². The second-order valence-corrected chi connectivity index (χ2v) is 20.8. The Morgan fingerprint density at radius 2 is 1.25 bits per heavy atom. The molecular weight excluding hydrogens is 972 g/mol. The summed E-state index contributed by atoms with van der Waals surface area (Å²) >= 11 is 0. The molecular formula is C60H71N2O12P. The first-order chi connectivity index (χ1) is 36.4. The lowest BCUT2D eigenvalue weighted by Gasteiger charge is -2.39. The lowest BCUT2D eigenvalue weighted by atomic mass is 9.80. The minimum Gasteiger partial charge on any atom is -0.497 e. The van der Waals surface area contributed by atoms with Crippen LogP contribution in [0.4, 0.5) is 0 Å². The number of ketones is 1. The van der Waals surface area contributed by atoms with Crippen LogP contribution >= 0.6 is 8.53 Å². The Labute approximate surface area is 443 Å². The zero-order chi connectivity index (χ0) is 52.9. The molecule has 2 heterocycles. The van der Waals surface area contributed by atoms with Crippen molar-refractivity contribution >= 4 is 26.2 Å². The largest absolute Gasteiger partial charge is 0.497 e. The van der Waals surface area contributed by atoms with E-state index in [9.17, 15) is 14.4 Å². The van der Waals surface area contributed by atoms with Crippen molar-refractivity contribution in [2.24, 2.45) is 0 Å². The predicted octanol–water partition coefficient (Wildman–Crippen LogP) is 10.7. The molecule has 15 heteroatoms. The molecule has 75 heavy (non-hydrogen) atoms. The van der Waals surface area contributed by atoms with Gasteiger partial charge in [-0.3, -0.25) is 19.3 Å². The highest BCUT2D eigenvalue weighted by Gasteiger charge is 2.47. The van der Waals surface area contributed by atoms with Crippen LogP contribution in [-0.4, -0.2) is 118 Å². The summed E-state index contributed by atoms with van der Waals surface area (Å²) in [6.07, 6.45) is 0.402. The molecule has 398 valence electrons. The smallest absolute Gasteiger partial charge is 0.305 e. The first-order valence-electron chi connectivity index (χ1n) is 26.0. The van der Waals surface area contributed by atoms with Crippen molar-refractivity contribution in [3.05, 3.63) is 167 Å². The monoisotopic (exact) mass is 1040 g/mol. The lowest BCUT2D eigenvalue weighted by molar-refractivity contribution is -0.147. The fraction of sp³-hybridized carbons (Fsp3) is 0.417. The van der Waals surface area contributed by atoms with Gasteiger partial charge < -0.3 is 42.2 Å². The van der Waals surface area contributed by atoms with Gasteiger partial charge in [0.15, 0.2) is 5.78 Å². The molecule has 2 aliphatic heterocycles. The Morgan fingerprint density at radius 1 is 0.707 bits per heavy atom. The number of nitrogens with zero attached hydrogens (tertiary/aromatic N) is 2. The van der Waals surface area contributed by atoms with Crippen LogP contribution < -0.4 is 9.47 Å². The first-order valence-corrected chi connectivity index (χ1v) is 27.1. The summed E-state index contributed by atoms with van der Waals surface area (Å²) in [6, 6.07) is 42.4. The second kappa shape index (κ2) is 26.3. The van der Waals surface area contributed by atoms with Gasteiger partial charge in [0.1, 0.15) is 36.0 Å². The molecule has 0 bridgehead atoms. The zero-order valence-corrected chi connectivity index (χ0v) is 45.1. The van der Waals surface area contributed by atoms with Crippen molar-refractivity contribution in [1.82, 2.24) is 9.57 Å². The molecule has 0 aromatic heterocycles. The van der Waals surface area contributed by atoms with E-state index < -0.39 is 32.6 Å². The fourth-order valence-electron chi connectivity index (χ4n) is 10.1. The van der Waals surface area contributed by atoms with E-state index in [1.54, 1.807) is 27.3 Å². The van der Waals surface area contributed by atoms with E-state index in [1.165, 1.54) is 27.2 Å². The quantitative estimate of drug-likeness (QED) is 0.0162. The van der Waals surface area contributed by atoms with E-state index in [-0.39, 0.29) is 68.3 Å². The number of methoxy groups -OCH3 is 2. The summed E-state index contributed by atoms with van der Waals surface area (Å²) in [5.74, 6) is 0.630. The molecule has 1 fully saturated rings. The average Bonchev–Trinajstić information content (AvgIpc) is 3.97.